The molecule has 1 aliphatic heterocycles. The van der Waals surface area contributed by atoms with Crippen molar-refractivity contribution in [3.63, 3.8) is 0 Å². The van der Waals surface area contributed by atoms with E-state index in [1.54, 1.807) is 0 Å². The van der Waals surface area contributed by atoms with Gasteiger partial charge in [-0.3, -0.25) is 4.79 Å². The van der Waals surface area contributed by atoms with Crippen molar-refractivity contribution in [2.24, 2.45) is 0 Å². The molecule has 0 atom stereocenters. The predicted octanol–water partition coefficient (Wildman–Crippen LogP) is 2.30. The minimum Gasteiger partial charge on any atom is -0.470 e. The SMILES string of the molecule is O=C1C=C(Nc2ccc(Br)cc2)OC1. The fraction of sp³-hybridized carbons (Fsp3) is 0.100. The van der Waals surface area contributed by atoms with Gasteiger partial charge in [0.2, 0.25) is 0 Å². The second-order valence-electron chi connectivity index (χ2n) is 2.90. The molecule has 1 N–H and O–H groups in total. The van der Waals surface area contributed by atoms with Crippen LogP contribution in [0.1, 0.15) is 0 Å². The third-order valence-electron chi connectivity index (χ3n) is 1.77. The first-order chi connectivity index (χ1) is 6.74. The summed E-state index contributed by atoms with van der Waals surface area (Å²) in [4.78, 5) is 10.8. The van der Waals surface area contributed by atoms with Gasteiger partial charge in [-0.15, -0.1) is 0 Å². The van der Waals surface area contributed by atoms with Crippen LogP contribution in [-0.4, -0.2) is 12.4 Å². The van der Waals surface area contributed by atoms with E-state index in [4.69, 9.17) is 4.74 Å². The molecule has 1 aromatic rings. The maximum Gasteiger partial charge on any atom is 0.198 e. The van der Waals surface area contributed by atoms with E-state index in [0.29, 0.717) is 5.88 Å². The predicted molar refractivity (Wildman–Crippen MR) is 56.8 cm³/mol. The Morgan fingerprint density at radius 1 is 1.29 bits per heavy atom. The Morgan fingerprint density at radius 3 is 2.57 bits per heavy atom. The Balaban J connectivity index is 2.08. The van der Waals surface area contributed by atoms with Crippen molar-refractivity contribution < 1.29 is 9.53 Å². The highest BCUT2D eigenvalue weighted by Crippen LogP contribution is 2.17. The Labute approximate surface area is 89.9 Å². The van der Waals surface area contributed by atoms with Crippen LogP contribution in [0, 0.1) is 0 Å². The lowest BCUT2D eigenvalue weighted by Crippen LogP contribution is -1.99. The lowest BCUT2D eigenvalue weighted by atomic mass is 10.3. The van der Waals surface area contributed by atoms with E-state index in [2.05, 4.69) is 21.2 Å². The highest BCUT2D eigenvalue weighted by molar-refractivity contribution is 9.10. The van der Waals surface area contributed by atoms with Crippen molar-refractivity contribution in [2.75, 3.05) is 11.9 Å². The lowest BCUT2D eigenvalue weighted by Gasteiger charge is -2.06. The molecule has 0 radical (unpaired) electrons. The molecular formula is C10H8BrNO2. The molecule has 1 aromatic carbocycles. The van der Waals surface area contributed by atoms with Crippen LogP contribution in [0.4, 0.5) is 5.69 Å². The standard InChI is InChI=1S/C10H8BrNO2/c11-7-1-3-8(4-2-7)12-10-5-9(13)6-14-10/h1-5,12H,6H2. The third-order valence-corrected chi connectivity index (χ3v) is 2.30. The van der Waals surface area contributed by atoms with Gasteiger partial charge in [-0.1, -0.05) is 15.9 Å². The van der Waals surface area contributed by atoms with Gasteiger partial charge >= 0.3 is 0 Å². The first-order valence-corrected chi connectivity index (χ1v) is 4.93. The van der Waals surface area contributed by atoms with Crippen molar-refractivity contribution in [1.29, 1.82) is 0 Å². The molecule has 3 nitrogen and oxygen atoms in total. The van der Waals surface area contributed by atoms with Crippen molar-refractivity contribution in [3.8, 4) is 0 Å². The monoisotopic (exact) mass is 253 g/mol. The molecule has 14 heavy (non-hydrogen) atoms. The number of ether oxygens (including phenoxy) is 1. The number of carbonyl (C=O) groups excluding carboxylic acids is 1. The number of rotatable bonds is 2. The summed E-state index contributed by atoms with van der Waals surface area (Å²) in [5, 5.41) is 3.00. The van der Waals surface area contributed by atoms with Crippen molar-refractivity contribution in [2.45, 2.75) is 0 Å². The average molecular weight is 254 g/mol. The summed E-state index contributed by atoms with van der Waals surface area (Å²) < 4.78 is 6.10. The quantitative estimate of drug-likeness (QED) is 0.879. The molecule has 0 aromatic heterocycles. The number of anilines is 1. The summed E-state index contributed by atoms with van der Waals surface area (Å²) in [5.74, 6) is 0.502. The number of ketones is 1. The summed E-state index contributed by atoms with van der Waals surface area (Å²) in [7, 11) is 0. The van der Waals surface area contributed by atoms with Gasteiger partial charge in [0.1, 0.15) is 0 Å². The van der Waals surface area contributed by atoms with Gasteiger partial charge in [-0.05, 0) is 24.3 Å². The normalized spacial score (nSPS) is 14.9. The van der Waals surface area contributed by atoms with Crippen LogP contribution in [0.25, 0.3) is 0 Å². The van der Waals surface area contributed by atoms with Crippen LogP contribution in [0.2, 0.25) is 0 Å². The Morgan fingerprint density at radius 2 is 2.00 bits per heavy atom. The topological polar surface area (TPSA) is 38.3 Å². The largest absolute Gasteiger partial charge is 0.470 e. The summed E-state index contributed by atoms with van der Waals surface area (Å²) >= 11 is 3.34. The van der Waals surface area contributed by atoms with Crippen molar-refractivity contribution >= 4 is 27.4 Å². The summed E-state index contributed by atoms with van der Waals surface area (Å²) in [5.41, 5.74) is 0.897. The molecule has 0 amide bonds. The number of carbonyl (C=O) groups is 1. The van der Waals surface area contributed by atoms with Gasteiger partial charge in [0.15, 0.2) is 18.3 Å². The third kappa shape index (κ3) is 2.14. The zero-order valence-electron chi connectivity index (χ0n) is 7.29. The first kappa shape index (κ1) is 9.27. The summed E-state index contributed by atoms with van der Waals surface area (Å²) in [6.45, 7) is 0.138. The van der Waals surface area contributed by atoms with Gasteiger partial charge < -0.3 is 10.1 Å². The van der Waals surface area contributed by atoms with Crippen LogP contribution in [0.5, 0.6) is 0 Å². The molecule has 1 heterocycles. The Hall–Kier alpha value is -1.29. The molecule has 0 fully saturated rings. The zero-order chi connectivity index (χ0) is 9.97. The minimum atomic E-state index is -0.00962. The second kappa shape index (κ2) is 3.84. The van der Waals surface area contributed by atoms with E-state index >= 15 is 0 Å². The molecule has 0 unspecified atom stereocenters. The maximum absolute atomic E-state index is 10.8. The average Bonchev–Trinajstić information content (AvgIpc) is 2.56. The van der Waals surface area contributed by atoms with Gasteiger partial charge in [0.05, 0.1) is 0 Å². The number of benzene rings is 1. The van der Waals surface area contributed by atoms with Crippen LogP contribution in [0.3, 0.4) is 0 Å². The summed E-state index contributed by atoms with van der Waals surface area (Å²) in [6, 6.07) is 7.63. The Kier molecular flexibility index (Phi) is 2.54. The highest BCUT2D eigenvalue weighted by Gasteiger charge is 2.12. The van der Waals surface area contributed by atoms with E-state index in [1.165, 1.54) is 6.08 Å². The molecule has 4 heteroatoms. The van der Waals surface area contributed by atoms with Gasteiger partial charge in [0, 0.05) is 16.2 Å². The molecular weight excluding hydrogens is 246 g/mol. The van der Waals surface area contributed by atoms with Crippen LogP contribution in [-0.2, 0) is 9.53 Å². The van der Waals surface area contributed by atoms with Gasteiger partial charge in [0.25, 0.3) is 0 Å². The molecule has 0 saturated heterocycles. The van der Waals surface area contributed by atoms with E-state index in [0.717, 1.165) is 10.2 Å². The molecule has 0 spiro atoms. The van der Waals surface area contributed by atoms with Crippen molar-refractivity contribution in [1.82, 2.24) is 0 Å². The smallest absolute Gasteiger partial charge is 0.198 e. The zero-order valence-corrected chi connectivity index (χ0v) is 8.87. The van der Waals surface area contributed by atoms with Crippen LogP contribution < -0.4 is 5.32 Å². The first-order valence-electron chi connectivity index (χ1n) is 4.14. The fourth-order valence-corrected chi connectivity index (χ4v) is 1.39. The summed E-state index contributed by atoms with van der Waals surface area (Å²) in [6.07, 6.45) is 1.46. The number of hydrogen-bond donors (Lipinski definition) is 1. The molecule has 1 aliphatic rings. The fourth-order valence-electron chi connectivity index (χ4n) is 1.13. The number of halogens is 1. The molecule has 0 saturated carbocycles. The maximum atomic E-state index is 10.8. The molecule has 0 aliphatic carbocycles. The number of nitrogens with one attached hydrogen (secondary N) is 1. The highest BCUT2D eigenvalue weighted by atomic mass is 79.9. The van der Waals surface area contributed by atoms with Gasteiger partial charge in [-0.2, -0.15) is 0 Å². The van der Waals surface area contributed by atoms with E-state index in [-0.39, 0.29) is 12.4 Å². The van der Waals surface area contributed by atoms with E-state index in [1.807, 2.05) is 24.3 Å². The van der Waals surface area contributed by atoms with E-state index in [9.17, 15) is 4.79 Å². The lowest BCUT2D eigenvalue weighted by molar-refractivity contribution is -0.115. The number of hydrogen-bond acceptors (Lipinski definition) is 3. The van der Waals surface area contributed by atoms with Crippen molar-refractivity contribution in [3.05, 3.63) is 40.7 Å². The Bertz CT molecular complexity index is 384. The van der Waals surface area contributed by atoms with E-state index < -0.39 is 0 Å². The van der Waals surface area contributed by atoms with Crippen LogP contribution in [0.15, 0.2) is 40.7 Å². The molecule has 0 bridgehead atoms. The molecule has 72 valence electrons. The van der Waals surface area contributed by atoms with Crippen LogP contribution >= 0.6 is 15.9 Å². The van der Waals surface area contributed by atoms with Gasteiger partial charge in [-0.25, -0.2) is 0 Å². The minimum absolute atomic E-state index is 0.00962. The second-order valence-corrected chi connectivity index (χ2v) is 3.81. The molecule has 2 rings (SSSR count).